The van der Waals surface area contributed by atoms with Crippen molar-refractivity contribution < 1.29 is 4.74 Å². The molecule has 0 bridgehead atoms. The zero-order chi connectivity index (χ0) is 17.4. The maximum absolute atomic E-state index is 5.86. The maximum atomic E-state index is 5.86. The second kappa shape index (κ2) is 9.12. The van der Waals surface area contributed by atoms with Crippen molar-refractivity contribution in [1.82, 2.24) is 25.0 Å². The van der Waals surface area contributed by atoms with Crippen LogP contribution in [0.3, 0.4) is 0 Å². The van der Waals surface area contributed by atoms with E-state index in [1.54, 1.807) is 6.33 Å². The maximum Gasteiger partial charge on any atom is 0.194 e. The van der Waals surface area contributed by atoms with Gasteiger partial charge in [0.25, 0.3) is 0 Å². The molecule has 0 saturated carbocycles. The van der Waals surface area contributed by atoms with E-state index >= 15 is 0 Å². The zero-order valence-electron chi connectivity index (χ0n) is 14.2. The summed E-state index contributed by atoms with van der Waals surface area (Å²) in [4.78, 5) is 6.61. The average molecular weight is 351 g/mol. The molecular formula is C16H23ClN6O. The Bertz CT molecular complexity index is 655. The van der Waals surface area contributed by atoms with Crippen molar-refractivity contribution in [2.75, 3.05) is 26.7 Å². The smallest absolute Gasteiger partial charge is 0.194 e. The topological polar surface area (TPSA) is 67.6 Å². The molecule has 7 nitrogen and oxygen atoms in total. The molecule has 0 saturated heterocycles. The van der Waals surface area contributed by atoms with Crippen molar-refractivity contribution in [2.24, 2.45) is 12.0 Å². The molecule has 0 fully saturated rings. The van der Waals surface area contributed by atoms with Crippen LogP contribution in [-0.2, 0) is 13.6 Å². The van der Waals surface area contributed by atoms with Gasteiger partial charge in [-0.15, -0.1) is 10.2 Å². The van der Waals surface area contributed by atoms with Crippen LogP contribution in [0.2, 0.25) is 5.02 Å². The minimum absolute atomic E-state index is 0.473. The monoisotopic (exact) mass is 350 g/mol. The number of halogens is 1. The predicted molar refractivity (Wildman–Crippen MR) is 95.4 cm³/mol. The first kappa shape index (κ1) is 18.1. The number of rotatable bonds is 7. The summed E-state index contributed by atoms with van der Waals surface area (Å²) in [5, 5.41) is 11.9. The second-order valence-corrected chi connectivity index (χ2v) is 5.69. The number of likely N-dealkylation sites (N-methyl/N-ethyl adjacent to an activating group) is 1. The number of hydrogen-bond donors (Lipinski definition) is 1. The minimum atomic E-state index is 0.473. The van der Waals surface area contributed by atoms with Crippen molar-refractivity contribution in [3.63, 3.8) is 0 Å². The third-order valence-electron chi connectivity index (χ3n) is 3.38. The van der Waals surface area contributed by atoms with Gasteiger partial charge in [0, 0.05) is 25.7 Å². The average Bonchev–Trinajstić information content (AvgIpc) is 2.98. The number of aliphatic imine (C=N–C) groups is 1. The predicted octanol–water partition coefficient (Wildman–Crippen LogP) is 1.94. The van der Waals surface area contributed by atoms with Crippen LogP contribution in [0.5, 0.6) is 5.75 Å². The van der Waals surface area contributed by atoms with E-state index in [0.29, 0.717) is 24.7 Å². The molecule has 2 rings (SSSR count). The lowest BCUT2D eigenvalue weighted by molar-refractivity contribution is 0.281. The summed E-state index contributed by atoms with van der Waals surface area (Å²) in [6.45, 7) is 4.55. The van der Waals surface area contributed by atoms with E-state index in [1.807, 2.05) is 54.8 Å². The van der Waals surface area contributed by atoms with E-state index in [2.05, 4.69) is 20.5 Å². The molecule has 2 aromatic rings. The molecule has 0 aliphatic rings. The number of guanidine groups is 1. The normalized spacial score (nSPS) is 11.4. The number of hydrogen-bond acceptors (Lipinski definition) is 4. The highest BCUT2D eigenvalue weighted by Gasteiger charge is 2.07. The molecule has 0 amide bonds. The van der Waals surface area contributed by atoms with Crippen molar-refractivity contribution >= 4 is 17.6 Å². The Hall–Kier alpha value is -2.28. The molecule has 130 valence electrons. The number of nitrogens with zero attached hydrogens (tertiary/aromatic N) is 5. The number of benzene rings is 1. The van der Waals surface area contributed by atoms with Gasteiger partial charge in [-0.05, 0) is 31.2 Å². The fourth-order valence-electron chi connectivity index (χ4n) is 2.00. The summed E-state index contributed by atoms with van der Waals surface area (Å²) in [5.41, 5.74) is 0. The van der Waals surface area contributed by atoms with Gasteiger partial charge in [0.1, 0.15) is 25.2 Å². The summed E-state index contributed by atoms with van der Waals surface area (Å²) in [5.74, 6) is 2.42. The molecule has 1 aromatic heterocycles. The lowest BCUT2D eigenvalue weighted by atomic mass is 10.3. The minimum Gasteiger partial charge on any atom is -0.492 e. The molecule has 0 atom stereocenters. The van der Waals surface area contributed by atoms with Crippen LogP contribution in [0.4, 0.5) is 0 Å². The lowest BCUT2D eigenvalue weighted by Gasteiger charge is -2.22. The molecule has 1 N–H and O–H groups in total. The van der Waals surface area contributed by atoms with Crippen LogP contribution in [0.15, 0.2) is 35.6 Å². The van der Waals surface area contributed by atoms with Gasteiger partial charge < -0.3 is 19.5 Å². The molecule has 24 heavy (non-hydrogen) atoms. The standard InChI is InChI=1S/C16H23ClN6O/c1-4-18-16(19-11-15-21-20-12-23(15)3)22(2)9-10-24-14-7-5-13(17)6-8-14/h5-8,12H,4,9-11H2,1-3H3,(H,18,19). The van der Waals surface area contributed by atoms with Crippen LogP contribution < -0.4 is 10.1 Å². The first-order chi connectivity index (χ1) is 11.6. The van der Waals surface area contributed by atoms with Gasteiger partial charge >= 0.3 is 0 Å². The zero-order valence-corrected chi connectivity index (χ0v) is 15.0. The van der Waals surface area contributed by atoms with Gasteiger partial charge in [-0.25, -0.2) is 4.99 Å². The van der Waals surface area contributed by atoms with Crippen molar-refractivity contribution in [3.8, 4) is 5.75 Å². The van der Waals surface area contributed by atoms with Gasteiger partial charge in [-0.1, -0.05) is 11.6 Å². The van der Waals surface area contributed by atoms with E-state index in [0.717, 1.165) is 24.1 Å². The van der Waals surface area contributed by atoms with Crippen LogP contribution in [0.25, 0.3) is 0 Å². The SMILES string of the molecule is CCNC(=NCc1nncn1C)N(C)CCOc1ccc(Cl)cc1. The third kappa shape index (κ3) is 5.42. The second-order valence-electron chi connectivity index (χ2n) is 5.25. The van der Waals surface area contributed by atoms with Crippen molar-refractivity contribution in [1.29, 1.82) is 0 Å². The summed E-state index contributed by atoms with van der Waals surface area (Å²) < 4.78 is 7.58. The van der Waals surface area contributed by atoms with Gasteiger partial charge in [-0.3, -0.25) is 0 Å². The van der Waals surface area contributed by atoms with Crippen LogP contribution >= 0.6 is 11.6 Å². The quantitative estimate of drug-likeness (QED) is 0.610. The first-order valence-electron chi connectivity index (χ1n) is 7.81. The first-order valence-corrected chi connectivity index (χ1v) is 8.18. The number of aromatic nitrogens is 3. The van der Waals surface area contributed by atoms with Gasteiger partial charge in [0.2, 0.25) is 0 Å². The fraction of sp³-hybridized carbons (Fsp3) is 0.438. The van der Waals surface area contributed by atoms with Gasteiger partial charge in [0.05, 0.1) is 6.54 Å². The number of aryl methyl sites for hydroxylation is 1. The molecule has 1 aromatic carbocycles. The molecule has 0 aliphatic heterocycles. The van der Waals surface area contributed by atoms with Crippen molar-refractivity contribution in [2.45, 2.75) is 13.5 Å². The van der Waals surface area contributed by atoms with E-state index in [1.165, 1.54) is 0 Å². The van der Waals surface area contributed by atoms with E-state index < -0.39 is 0 Å². The highest BCUT2D eigenvalue weighted by atomic mass is 35.5. The Labute approximate surface area is 147 Å². The lowest BCUT2D eigenvalue weighted by Crippen LogP contribution is -2.40. The van der Waals surface area contributed by atoms with E-state index in [4.69, 9.17) is 16.3 Å². The largest absolute Gasteiger partial charge is 0.492 e. The van der Waals surface area contributed by atoms with Crippen LogP contribution in [0.1, 0.15) is 12.7 Å². The Morgan fingerprint density at radius 3 is 2.75 bits per heavy atom. The van der Waals surface area contributed by atoms with Crippen LogP contribution in [0, 0.1) is 0 Å². The Kier molecular flexibility index (Phi) is 6.87. The van der Waals surface area contributed by atoms with Gasteiger partial charge in [0.15, 0.2) is 11.8 Å². The summed E-state index contributed by atoms with van der Waals surface area (Å²) >= 11 is 5.86. The van der Waals surface area contributed by atoms with E-state index in [9.17, 15) is 0 Å². The van der Waals surface area contributed by atoms with E-state index in [-0.39, 0.29) is 0 Å². The fourth-order valence-corrected chi connectivity index (χ4v) is 2.13. The molecule has 0 aliphatic carbocycles. The Balaban J connectivity index is 1.87. The molecule has 1 heterocycles. The molecule has 0 spiro atoms. The number of ether oxygens (including phenoxy) is 1. The van der Waals surface area contributed by atoms with Crippen molar-refractivity contribution in [3.05, 3.63) is 41.4 Å². The molecular weight excluding hydrogens is 328 g/mol. The Morgan fingerprint density at radius 2 is 2.12 bits per heavy atom. The Morgan fingerprint density at radius 1 is 1.38 bits per heavy atom. The number of nitrogens with one attached hydrogen (secondary N) is 1. The summed E-state index contributed by atoms with van der Waals surface area (Å²) in [6.07, 6.45) is 1.67. The van der Waals surface area contributed by atoms with Gasteiger partial charge in [-0.2, -0.15) is 0 Å². The highest BCUT2D eigenvalue weighted by Crippen LogP contribution is 2.15. The summed E-state index contributed by atoms with van der Waals surface area (Å²) in [7, 11) is 3.88. The molecule has 0 unspecified atom stereocenters. The molecule has 8 heteroatoms. The molecule has 0 radical (unpaired) electrons. The van der Waals surface area contributed by atoms with Crippen LogP contribution in [-0.4, -0.2) is 52.4 Å². The highest BCUT2D eigenvalue weighted by molar-refractivity contribution is 6.30. The summed E-state index contributed by atoms with van der Waals surface area (Å²) in [6, 6.07) is 7.34. The third-order valence-corrected chi connectivity index (χ3v) is 3.63.